The van der Waals surface area contributed by atoms with Gasteiger partial charge in [-0.3, -0.25) is 71.7 Å². The summed E-state index contributed by atoms with van der Waals surface area (Å²) in [5, 5.41) is 70.4. The highest BCUT2D eigenvalue weighted by Gasteiger charge is 2.40. The lowest BCUT2D eigenvalue weighted by Crippen LogP contribution is -2.60. The number of carboxylic acid groups (broad SMARTS) is 1. The molecule has 0 fully saturated rings. The molecule has 0 aliphatic carbocycles. The molecular weight excluding hydrogens is 1790 g/mol. The van der Waals surface area contributed by atoms with Crippen molar-refractivity contribution in [3.63, 3.8) is 0 Å². The highest BCUT2D eigenvalue weighted by molar-refractivity contribution is 7.53. The molecule has 6 rings (SSSR count). The smallest absolute Gasteiger partial charge is 0.356 e. The topological polar surface area (TPSA) is 671 Å². The van der Waals surface area contributed by atoms with Gasteiger partial charge in [-0.15, -0.1) is 5.10 Å². The second-order valence-corrected chi connectivity index (χ2v) is 34.8. The molecule has 0 saturated carbocycles. The Hall–Kier alpha value is -12.8. The largest absolute Gasteiger partial charge is 0.481 e. The van der Waals surface area contributed by atoms with Crippen LogP contribution in [0.25, 0.3) is 22.5 Å². The van der Waals surface area contributed by atoms with Crippen LogP contribution in [0.3, 0.4) is 0 Å². The van der Waals surface area contributed by atoms with E-state index in [4.69, 9.17) is 30.4 Å². The number of aliphatic hydroxyl groups excluding tert-OH is 1. The number of fused-ring (bicyclic) bond motifs is 5. The lowest BCUT2D eigenvalue weighted by atomic mass is 9.95. The maximum absolute atomic E-state index is 14.2. The number of rotatable bonds is 65. The average molecular weight is 1930 g/mol. The van der Waals surface area contributed by atoms with E-state index in [-0.39, 0.29) is 218 Å². The second kappa shape index (κ2) is 59.9. The number of urea groups is 2. The second-order valence-electron chi connectivity index (χ2n) is 32.7. The van der Waals surface area contributed by atoms with E-state index in [1.165, 1.54) is 0 Å². The zero-order valence-electron chi connectivity index (χ0n) is 77.1. The summed E-state index contributed by atoms with van der Waals surface area (Å²) in [6.07, 6.45) is -0.0639. The minimum absolute atomic E-state index is 0.00851. The number of para-hydroxylation sites is 2. The number of primary amides is 2. The molecule has 136 heavy (non-hydrogen) atoms. The number of nitrogens with one attached hydrogen (secondary N) is 13. The van der Waals surface area contributed by atoms with Crippen molar-refractivity contribution in [3.05, 3.63) is 114 Å². The molecule has 0 spiro atoms. The number of unbranched alkanes of at least 4 members (excludes halogenated alkanes) is 2. The van der Waals surface area contributed by atoms with Crippen LogP contribution < -0.4 is 85.5 Å². The highest BCUT2D eigenvalue weighted by Crippen LogP contribution is 2.51. The first kappa shape index (κ1) is 112. The van der Waals surface area contributed by atoms with E-state index in [9.17, 15) is 106 Å². The molecule has 1 aliphatic rings. The number of aliphatic hydroxyl groups is 2. The predicted molar refractivity (Wildman–Crippen MR) is 496 cm³/mol. The SMILES string of the molecule is Cc1ccccc1NC(=O)Nc1ccc(CC(=O)N[C@@H](CCCNC(N)=O)C(=O)N[C@@H](CCC(=O)O)C(=O)N[C@@H](CO)C(=O)N[C@H](C(=O)NCCOCCOCCNC(=O)CCC(=O)NCCOCCOCCNC(=O)CCC(=O)N[C@@H](CCCCNC(=O)CCC(=O)N2Cc3ccccc3-c3nnn(CCCC(=O)CCCCC(C)(O)P(=O)(O)O)c3-c3ccccc32)C(N)=O)C(C)C)cc1. The van der Waals surface area contributed by atoms with Crippen molar-refractivity contribution in [2.24, 2.45) is 17.4 Å². The van der Waals surface area contributed by atoms with Crippen molar-refractivity contribution in [2.45, 2.75) is 205 Å². The Labute approximate surface area is 787 Å². The first-order chi connectivity index (χ1) is 64.9. The molecule has 45 nitrogen and oxygen atoms in total. The normalized spacial score (nSPS) is 13.1. The number of anilines is 3. The van der Waals surface area contributed by atoms with E-state index in [1.807, 2.05) is 61.5 Å². The first-order valence-corrected chi connectivity index (χ1v) is 46.8. The zero-order valence-corrected chi connectivity index (χ0v) is 78.0. The molecule has 0 saturated heterocycles. The standard InChI is InChI=1S/C90H130N19O26P/c1-58(2)80(105-86(124)70(57-110)103-85(123)69(31-38-79(119)120)102-84(122)68(25-15-41-98-88(92)126)101-77(117)55-60-27-29-62(30-28-60)99-89(127)104-66-23-9-5-17-59(66)3)87(125)97-45-50-135-54-53-134-48-43-95-73(113)33-32-72(112)94-42-47-132-51-52-133-49-44-96-74(114)34-35-76(116)100-67(83(91)121)24-12-14-40-93-75(115)36-37-78(118)108-56-61-18-6-7-21-64(61)81-82(65-22-8-10-26-71(65)108)109(107-106-81)46-16-20-63(111)19-11-13-39-90(4,128)136(129,130)131/h5-10,17-18,21-23,26-30,58,67-70,80,110,128H,11-16,19-20,24-25,31-57H2,1-4H3,(H2,91,121)(H,93,115)(H,94,112)(H,95,113)(H,96,114)(H,97,125)(H,100,116)(H,101,117)(H,102,122)(H,103,123)(H,105,124)(H,119,120)(H3,92,98,126)(H2,99,104,127)(H2,129,130,131)/t67-,68-,69-,70-,80-,90?/m0/s1. The Morgan fingerprint density at radius 2 is 1.01 bits per heavy atom. The fraction of sp³-hybridized carbons (Fsp3) is 0.533. The number of aryl methyl sites for hydroxylation is 2. The van der Waals surface area contributed by atoms with Gasteiger partial charge in [0.2, 0.25) is 70.9 Å². The molecule has 4 aromatic carbocycles. The number of benzene rings is 4. The Morgan fingerprint density at radius 3 is 1.60 bits per heavy atom. The molecular formula is C90H130N19O26P. The molecule has 5 aromatic rings. The molecule has 16 amide bonds. The molecule has 6 atom stereocenters. The van der Waals surface area contributed by atoms with Crippen LogP contribution in [0, 0.1) is 12.8 Å². The van der Waals surface area contributed by atoms with Crippen molar-refractivity contribution >= 4 is 119 Å². The summed E-state index contributed by atoms with van der Waals surface area (Å²) in [6, 6.07) is 20.0. The predicted octanol–water partition coefficient (Wildman–Crippen LogP) is 1.48. The van der Waals surface area contributed by atoms with Gasteiger partial charge in [0, 0.05) is 126 Å². The van der Waals surface area contributed by atoms with Crippen LogP contribution >= 0.6 is 7.60 Å². The maximum atomic E-state index is 14.2. The monoisotopic (exact) mass is 1920 g/mol. The summed E-state index contributed by atoms with van der Waals surface area (Å²) < 4.78 is 35.3. The van der Waals surface area contributed by atoms with Gasteiger partial charge < -0.3 is 130 Å². The van der Waals surface area contributed by atoms with E-state index in [1.54, 1.807) is 65.9 Å². The van der Waals surface area contributed by atoms with Crippen molar-refractivity contribution in [2.75, 3.05) is 114 Å². The number of nitrogens with zero attached hydrogens (tertiary/aromatic N) is 4. The lowest BCUT2D eigenvalue weighted by molar-refractivity contribution is -0.139. The molecule has 1 aromatic heterocycles. The van der Waals surface area contributed by atoms with E-state index < -0.39 is 134 Å². The summed E-state index contributed by atoms with van der Waals surface area (Å²) in [6.45, 7) is 7.26. The number of nitrogens with two attached hydrogens (primary N) is 2. The molecule has 746 valence electrons. The van der Waals surface area contributed by atoms with Crippen LogP contribution in [0.15, 0.2) is 97.1 Å². The number of Topliss-reactive ketones (excluding diaryl/α,β-unsaturated/α-hetero) is 1. The van der Waals surface area contributed by atoms with Crippen molar-refractivity contribution in [1.82, 2.24) is 73.5 Å². The molecule has 2 heterocycles. The minimum atomic E-state index is -4.73. The number of hydrogen-bond acceptors (Lipinski definition) is 25. The number of aliphatic carboxylic acids is 1. The minimum Gasteiger partial charge on any atom is -0.481 e. The van der Waals surface area contributed by atoms with Gasteiger partial charge in [-0.2, -0.15) is 0 Å². The van der Waals surface area contributed by atoms with Gasteiger partial charge in [0.1, 0.15) is 41.7 Å². The quantitative estimate of drug-likeness (QED) is 0.0194. The molecule has 46 heteroatoms. The number of aromatic nitrogens is 3. The fourth-order valence-corrected chi connectivity index (χ4v) is 14.3. The summed E-state index contributed by atoms with van der Waals surface area (Å²) in [5.74, 6) is -9.47. The van der Waals surface area contributed by atoms with Gasteiger partial charge in [-0.25, -0.2) is 14.3 Å². The zero-order chi connectivity index (χ0) is 99.5. The number of amides is 16. The van der Waals surface area contributed by atoms with Crippen molar-refractivity contribution in [3.8, 4) is 22.5 Å². The number of carbonyl (C=O) groups is 16. The van der Waals surface area contributed by atoms with E-state index >= 15 is 0 Å². The fourth-order valence-electron chi connectivity index (χ4n) is 13.9. The van der Waals surface area contributed by atoms with Crippen molar-refractivity contribution < 1.29 is 125 Å². The Kier molecular flexibility index (Phi) is 49.3. The van der Waals surface area contributed by atoms with E-state index in [2.05, 4.69) is 79.4 Å². The number of ketones is 1. The van der Waals surface area contributed by atoms with E-state index in [0.29, 0.717) is 71.8 Å². The van der Waals surface area contributed by atoms with Gasteiger partial charge in [0.25, 0.3) is 0 Å². The Morgan fingerprint density at radius 1 is 0.500 bits per heavy atom. The Bertz CT molecular complexity index is 4860. The molecule has 0 bridgehead atoms. The summed E-state index contributed by atoms with van der Waals surface area (Å²) in [5.41, 5.74) is 17.2. The van der Waals surface area contributed by atoms with E-state index in [0.717, 1.165) is 23.6 Å². The number of carboxylic acids is 1. The van der Waals surface area contributed by atoms with Gasteiger partial charge >= 0.3 is 25.6 Å². The van der Waals surface area contributed by atoms with Gasteiger partial charge in [-0.05, 0) is 125 Å². The van der Waals surface area contributed by atoms with Crippen LogP contribution in [0.1, 0.15) is 159 Å². The van der Waals surface area contributed by atoms with Crippen LogP contribution in [0.2, 0.25) is 0 Å². The third-order valence-electron chi connectivity index (χ3n) is 21.5. The first-order valence-electron chi connectivity index (χ1n) is 45.2. The maximum Gasteiger partial charge on any atom is 0.356 e. The summed E-state index contributed by atoms with van der Waals surface area (Å²) >= 11 is 0. The lowest BCUT2D eigenvalue weighted by Gasteiger charge is -2.28. The van der Waals surface area contributed by atoms with Gasteiger partial charge in [0.05, 0.1) is 83.8 Å². The van der Waals surface area contributed by atoms with Crippen molar-refractivity contribution in [1.29, 1.82) is 0 Å². The Balaban J connectivity index is 0.755. The van der Waals surface area contributed by atoms with Crippen LogP contribution in [0.5, 0.6) is 0 Å². The number of hydrogen-bond donors (Lipinski definition) is 20. The third-order valence-corrected chi connectivity index (χ3v) is 22.9. The number of ether oxygens (including phenoxy) is 4. The molecule has 1 aliphatic heterocycles. The summed E-state index contributed by atoms with van der Waals surface area (Å²) in [4.78, 5) is 227. The van der Waals surface area contributed by atoms with Crippen LogP contribution in [-0.2, 0) is 110 Å². The highest BCUT2D eigenvalue weighted by atomic mass is 31.2. The average Bonchev–Trinajstić information content (AvgIpc) is 1.56. The summed E-state index contributed by atoms with van der Waals surface area (Å²) in [7, 11) is -4.73. The van der Waals surface area contributed by atoms with Crippen LogP contribution in [-0.4, -0.2) is 269 Å². The van der Waals surface area contributed by atoms with Crippen LogP contribution in [0.4, 0.5) is 26.7 Å². The van der Waals surface area contributed by atoms with Gasteiger partial charge in [-0.1, -0.05) is 91.9 Å². The third kappa shape index (κ3) is 41.6. The number of carbonyl (C=O) groups excluding carboxylic acids is 15. The van der Waals surface area contributed by atoms with Gasteiger partial charge in [0.15, 0.2) is 5.34 Å². The molecule has 22 N–H and O–H groups in total. The molecule has 1 unspecified atom stereocenters. The molecule has 0 radical (unpaired) electrons.